The zero-order valence-electron chi connectivity index (χ0n) is 20.0. The summed E-state index contributed by atoms with van der Waals surface area (Å²) < 4.78 is 11.9. The molecule has 0 radical (unpaired) electrons. The first-order chi connectivity index (χ1) is 16.3. The molecule has 6 unspecified atom stereocenters. The third kappa shape index (κ3) is 9.77. The zero-order valence-corrected chi connectivity index (χ0v) is 24.9. The summed E-state index contributed by atoms with van der Waals surface area (Å²) in [7, 11) is 0. The molecular formula is C24H36O4S6. The second-order valence-electron chi connectivity index (χ2n) is 8.83. The standard InChI is InChI=1S/C24H36O4S6/c1-15(2)23(25)27-9-17-11-31-21(33-17)13-29-19-7-5-6-8-20(19)30-14-22-32-12-18(34-22)10-28-24(26)16(3)4/h17-22H,1,3,5-14H2,2,4H3. The van der Waals surface area contributed by atoms with E-state index < -0.39 is 0 Å². The van der Waals surface area contributed by atoms with E-state index in [4.69, 9.17) is 9.47 Å². The minimum Gasteiger partial charge on any atom is -0.461 e. The number of rotatable bonds is 12. The van der Waals surface area contributed by atoms with Crippen LogP contribution in [0.5, 0.6) is 0 Å². The first-order valence-corrected chi connectivity index (χ1v) is 17.8. The topological polar surface area (TPSA) is 52.6 Å². The van der Waals surface area contributed by atoms with Gasteiger partial charge in [-0.15, -0.1) is 47.0 Å². The Hall–Kier alpha value is 0.520. The van der Waals surface area contributed by atoms with Gasteiger partial charge in [0.05, 0.1) is 9.16 Å². The van der Waals surface area contributed by atoms with Gasteiger partial charge in [-0.2, -0.15) is 23.5 Å². The van der Waals surface area contributed by atoms with Crippen LogP contribution in [0.1, 0.15) is 39.5 Å². The number of hydrogen-bond donors (Lipinski definition) is 0. The van der Waals surface area contributed by atoms with Gasteiger partial charge >= 0.3 is 11.9 Å². The Morgan fingerprint density at radius 3 is 1.59 bits per heavy atom. The van der Waals surface area contributed by atoms with Crippen LogP contribution in [-0.2, 0) is 19.1 Å². The van der Waals surface area contributed by atoms with E-state index in [1.807, 2.05) is 47.0 Å². The van der Waals surface area contributed by atoms with Crippen molar-refractivity contribution >= 4 is 82.5 Å². The molecule has 4 nitrogen and oxygen atoms in total. The van der Waals surface area contributed by atoms with Crippen molar-refractivity contribution in [2.45, 2.75) is 69.7 Å². The largest absolute Gasteiger partial charge is 0.461 e. The number of thioether (sulfide) groups is 6. The van der Waals surface area contributed by atoms with E-state index in [2.05, 4.69) is 36.7 Å². The fourth-order valence-corrected chi connectivity index (χ4v) is 14.1. The predicted molar refractivity (Wildman–Crippen MR) is 158 cm³/mol. The van der Waals surface area contributed by atoms with Crippen molar-refractivity contribution < 1.29 is 19.1 Å². The van der Waals surface area contributed by atoms with Gasteiger partial charge in [0, 0.05) is 55.2 Å². The van der Waals surface area contributed by atoms with E-state index in [1.54, 1.807) is 13.8 Å². The number of esters is 2. The lowest BCUT2D eigenvalue weighted by molar-refractivity contribution is -0.139. The van der Waals surface area contributed by atoms with Gasteiger partial charge in [-0.3, -0.25) is 0 Å². The van der Waals surface area contributed by atoms with E-state index in [1.165, 1.54) is 37.2 Å². The number of ether oxygens (including phenoxy) is 2. The van der Waals surface area contributed by atoms with E-state index in [0.717, 1.165) is 22.0 Å². The zero-order chi connectivity index (χ0) is 24.5. The average molecular weight is 581 g/mol. The second kappa shape index (κ2) is 15.1. The van der Waals surface area contributed by atoms with Gasteiger partial charge in [-0.05, 0) is 26.7 Å². The summed E-state index contributed by atoms with van der Waals surface area (Å²) in [5.74, 6) is 3.91. The molecule has 0 amide bonds. The minimum atomic E-state index is -0.275. The van der Waals surface area contributed by atoms with Crippen molar-refractivity contribution in [2.75, 3.05) is 36.2 Å². The van der Waals surface area contributed by atoms with Crippen LogP contribution in [0.2, 0.25) is 0 Å². The Kier molecular flexibility index (Phi) is 12.9. The highest BCUT2D eigenvalue weighted by molar-refractivity contribution is 8.22. The van der Waals surface area contributed by atoms with Crippen LogP contribution < -0.4 is 0 Å². The van der Waals surface area contributed by atoms with Gasteiger partial charge in [-0.1, -0.05) is 26.0 Å². The van der Waals surface area contributed by atoms with Crippen molar-refractivity contribution in [1.29, 1.82) is 0 Å². The average Bonchev–Trinajstić information content (AvgIpc) is 3.47. The van der Waals surface area contributed by atoms with Crippen molar-refractivity contribution in [2.24, 2.45) is 0 Å². The molecule has 2 heterocycles. The molecule has 0 N–H and O–H groups in total. The lowest BCUT2D eigenvalue weighted by atomic mass is 10.00. The van der Waals surface area contributed by atoms with Gasteiger partial charge in [0.2, 0.25) is 0 Å². The lowest BCUT2D eigenvalue weighted by Gasteiger charge is -2.31. The molecule has 0 bridgehead atoms. The molecule has 3 aliphatic rings. The maximum Gasteiger partial charge on any atom is 0.333 e. The molecule has 3 fully saturated rings. The van der Waals surface area contributed by atoms with E-state index in [9.17, 15) is 9.59 Å². The van der Waals surface area contributed by atoms with Gasteiger partial charge in [0.15, 0.2) is 0 Å². The molecule has 3 rings (SSSR count). The Morgan fingerprint density at radius 1 is 0.794 bits per heavy atom. The molecule has 2 saturated heterocycles. The number of carbonyl (C=O) groups is 2. The maximum atomic E-state index is 11.6. The normalized spacial score (nSPS) is 31.2. The smallest absolute Gasteiger partial charge is 0.333 e. The predicted octanol–water partition coefficient (Wildman–Crippen LogP) is 6.35. The molecule has 2 aliphatic heterocycles. The maximum absolute atomic E-state index is 11.6. The van der Waals surface area contributed by atoms with Gasteiger partial charge in [0.1, 0.15) is 13.2 Å². The van der Waals surface area contributed by atoms with Crippen LogP contribution in [0.4, 0.5) is 0 Å². The van der Waals surface area contributed by atoms with Gasteiger partial charge in [0.25, 0.3) is 0 Å². The summed E-state index contributed by atoms with van der Waals surface area (Å²) in [5.41, 5.74) is 0.944. The summed E-state index contributed by atoms with van der Waals surface area (Å²) in [5, 5.41) is 2.27. The van der Waals surface area contributed by atoms with Gasteiger partial charge < -0.3 is 9.47 Å². The molecule has 10 heteroatoms. The summed E-state index contributed by atoms with van der Waals surface area (Å²) >= 11 is 12.3. The number of carbonyl (C=O) groups excluding carboxylic acids is 2. The Balaban J connectivity index is 1.33. The molecule has 0 aromatic heterocycles. The van der Waals surface area contributed by atoms with Crippen LogP contribution >= 0.6 is 70.6 Å². The first-order valence-electron chi connectivity index (χ1n) is 11.7. The monoisotopic (exact) mass is 580 g/mol. The number of hydrogen-bond acceptors (Lipinski definition) is 10. The highest BCUT2D eigenvalue weighted by Crippen LogP contribution is 2.45. The molecule has 192 valence electrons. The third-order valence-corrected chi connectivity index (χ3v) is 16.2. The first kappa shape index (κ1) is 29.1. The summed E-state index contributed by atoms with van der Waals surface area (Å²) in [6.07, 6.45) is 5.35. The van der Waals surface area contributed by atoms with Crippen molar-refractivity contribution in [1.82, 2.24) is 0 Å². The fourth-order valence-electron chi connectivity index (χ4n) is 3.80. The summed E-state index contributed by atoms with van der Waals surface area (Å²) in [4.78, 5) is 23.3. The lowest BCUT2D eigenvalue weighted by Crippen LogP contribution is -2.26. The highest BCUT2D eigenvalue weighted by atomic mass is 32.2. The fraction of sp³-hybridized carbons (Fsp3) is 0.750. The third-order valence-electron chi connectivity index (χ3n) is 5.66. The molecule has 6 atom stereocenters. The molecule has 34 heavy (non-hydrogen) atoms. The molecular weight excluding hydrogens is 545 g/mol. The van der Waals surface area contributed by atoms with E-state index >= 15 is 0 Å². The van der Waals surface area contributed by atoms with E-state index in [0.29, 0.717) is 44.0 Å². The van der Waals surface area contributed by atoms with Crippen LogP contribution in [0.15, 0.2) is 24.3 Å². The van der Waals surface area contributed by atoms with Crippen LogP contribution in [0, 0.1) is 0 Å². The van der Waals surface area contributed by atoms with Gasteiger partial charge in [-0.25, -0.2) is 9.59 Å². The molecule has 1 saturated carbocycles. The minimum absolute atomic E-state index is 0.275. The van der Waals surface area contributed by atoms with Crippen molar-refractivity contribution in [3.05, 3.63) is 24.3 Å². The van der Waals surface area contributed by atoms with E-state index in [-0.39, 0.29) is 11.9 Å². The molecule has 0 aromatic carbocycles. The van der Waals surface area contributed by atoms with Crippen LogP contribution in [0.3, 0.4) is 0 Å². The second-order valence-corrected chi connectivity index (χ2v) is 17.5. The quantitative estimate of drug-likeness (QED) is 0.193. The van der Waals surface area contributed by atoms with Crippen LogP contribution in [0.25, 0.3) is 0 Å². The Bertz CT molecular complexity index is 672. The molecule has 0 spiro atoms. The Labute approximate surface area is 230 Å². The van der Waals surface area contributed by atoms with Crippen molar-refractivity contribution in [3.63, 3.8) is 0 Å². The highest BCUT2D eigenvalue weighted by Gasteiger charge is 2.33. The Morgan fingerprint density at radius 2 is 1.21 bits per heavy atom. The molecule has 0 aromatic rings. The van der Waals surface area contributed by atoms with Crippen LogP contribution in [-0.4, -0.2) is 78.3 Å². The SMILES string of the molecule is C=C(C)C(=O)OCC1CSC(CSC2CCCCC2SCC2SCC(COC(=O)C(=C)C)S2)S1. The molecule has 1 aliphatic carbocycles. The van der Waals surface area contributed by atoms with Crippen molar-refractivity contribution in [3.8, 4) is 0 Å². The summed E-state index contributed by atoms with van der Waals surface area (Å²) in [6, 6.07) is 0. The summed E-state index contributed by atoms with van der Waals surface area (Å²) in [6.45, 7) is 11.7.